The predicted molar refractivity (Wildman–Crippen MR) is 140 cm³/mol. The number of ether oxygens (including phenoxy) is 2. The largest absolute Gasteiger partial charge is 0.459 e. The highest BCUT2D eigenvalue weighted by Crippen LogP contribution is 2.18. The summed E-state index contributed by atoms with van der Waals surface area (Å²) in [6.45, 7) is 6.87. The first-order valence-corrected chi connectivity index (χ1v) is 13.8. The van der Waals surface area contributed by atoms with Crippen molar-refractivity contribution in [2.24, 2.45) is 5.92 Å². The van der Waals surface area contributed by atoms with E-state index in [1.165, 1.54) is 24.3 Å². The molecular weight excluding hydrogens is 524 g/mol. The third-order valence-corrected chi connectivity index (χ3v) is 7.12. The van der Waals surface area contributed by atoms with Gasteiger partial charge in [-0.05, 0) is 36.6 Å². The van der Waals surface area contributed by atoms with Crippen LogP contribution < -0.4 is 0 Å². The van der Waals surface area contributed by atoms with Crippen LogP contribution in [0.2, 0.25) is 0 Å². The maximum absolute atomic E-state index is 12.2. The predicted octanol–water partition coefficient (Wildman–Crippen LogP) is 1.81. The first kappa shape index (κ1) is 33.1. The number of rotatable bonds is 15. The van der Waals surface area contributed by atoms with Crippen molar-refractivity contribution < 1.29 is 49.1 Å². The van der Waals surface area contributed by atoms with Gasteiger partial charge in [-0.2, -0.15) is 0 Å². The van der Waals surface area contributed by atoms with E-state index in [1.807, 2.05) is 13.8 Å². The molecule has 5 unspecified atom stereocenters. The van der Waals surface area contributed by atoms with Gasteiger partial charge in [-0.1, -0.05) is 57.6 Å². The van der Waals surface area contributed by atoms with Crippen LogP contribution >= 0.6 is 23.5 Å². The second-order valence-corrected chi connectivity index (χ2v) is 11.4. The Bertz CT molecular complexity index is 890. The molecule has 0 saturated carbocycles. The second-order valence-electron chi connectivity index (χ2n) is 8.84. The highest BCUT2D eigenvalue weighted by Gasteiger charge is 2.31. The zero-order valence-electron chi connectivity index (χ0n) is 21.4. The Morgan fingerprint density at radius 1 is 0.784 bits per heavy atom. The molecule has 0 heterocycles. The molecule has 10 nitrogen and oxygen atoms in total. The van der Waals surface area contributed by atoms with E-state index in [0.717, 1.165) is 18.2 Å². The molecule has 0 aliphatic rings. The number of hydrogen-bond donors (Lipinski definition) is 4. The number of aliphatic hydroxyl groups is 4. The summed E-state index contributed by atoms with van der Waals surface area (Å²) in [5, 5.41) is 37.8. The molecule has 12 heteroatoms. The quantitative estimate of drug-likeness (QED) is 0.230. The number of thioether (sulfide) groups is 2. The summed E-state index contributed by atoms with van der Waals surface area (Å²) in [4.78, 5) is 48.1. The number of benzene rings is 1. The molecule has 0 amide bonds. The standard InChI is InChI=1S/C25H36O10S2/c1-5-15(4)10-18(26)11-34-22(30)16-6-8-17(9-7-16)23(31)35-12-19(27)13-36-24(32)20(28)21(29)25(33)37-14(2)3/h6-9,14-15,18-21,26-29H,5,10-13H2,1-4H3. The van der Waals surface area contributed by atoms with Crippen molar-refractivity contribution in [1.82, 2.24) is 0 Å². The van der Waals surface area contributed by atoms with Crippen molar-refractivity contribution >= 4 is 45.7 Å². The molecule has 0 fully saturated rings. The van der Waals surface area contributed by atoms with Gasteiger partial charge in [-0.15, -0.1) is 0 Å². The highest BCUT2D eigenvalue weighted by atomic mass is 32.2. The first-order valence-electron chi connectivity index (χ1n) is 11.9. The van der Waals surface area contributed by atoms with Crippen molar-refractivity contribution in [2.45, 2.75) is 70.2 Å². The van der Waals surface area contributed by atoms with Crippen LogP contribution in [-0.4, -0.2) is 91.2 Å². The monoisotopic (exact) mass is 560 g/mol. The molecule has 37 heavy (non-hydrogen) atoms. The minimum Gasteiger partial charge on any atom is -0.459 e. The second kappa shape index (κ2) is 16.8. The first-order chi connectivity index (χ1) is 17.3. The fraction of sp³-hybridized carbons (Fsp3) is 0.600. The van der Waals surface area contributed by atoms with Gasteiger partial charge in [0.15, 0.2) is 12.2 Å². The lowest BCUT2D eigenvalue weighted by molar-refractivity contribution is -0.133. The van der Waals surface area contributed by atoms with Gasteiger partial charge >= 0.3 is 11.9 Å². The molecule has 0 aliphatic carbocycles. The summed E-state index contributed by atoms with van der Waals surface area (Å²) in [6.07, 6.45) is -4.40. The average Bonchev–Trinajstić information content (AvgIpc) is 2.87. The zero-order chi connectivity index (χ0) is 28.1. The Balaban J connectivity index is 2.45. The molecule has 0 spiro atoms. The third kappa shape index (κ3) is 12.4. The number of carbonyl (C=O) groups is 4. The molecule has 1 aromatic carbocycles. The summed E-state index contributed by atoms with van der Waals surface area (Å²) < 4.78 is 10.1. The molecule has 0 aliphatic heterocycles. The van der Waals surface area contributed by atoms with Gasteiger partial charge in [-0.3, -0.25) is 9.59 Å². The van der Waals surface area contributed by atoms with Crippen LogP contribution in [0.5, 0.6) is 0 Å². The zero-order valence-corrected chi connectivity index (χ0v) is 23.0. The lowest BCUT2D eigenvalue weighted by Crippen LogP contribution is -2.38. The van der Waals surface area contributed by atoms with Gasteiger partial charge in [-0.25, -0.2) is 9.59 Å². The van der Waals surface area contributed by atoms with E-state index in [-0.39, 0.29) is 28.7 Å². The van der Waals surface area contributed by atoms with Gasteiger partial charge < -0.3 is 29.9 Å². The molecule has 0 radical (unpaired) electrons. The van der Waals surface area contributed by atoms with Crippen LogP contribution in [0.25, 0.3) is 0 Å². The van der Waals surface area contributed by atoms with Gasteiger partial charge in [0.2, 0.25) is 10.2 Å². The van der Waals surface area contributed by atoms with Crippen LogP contribution in [0, 0.1) is 5.92 Å². The summed E-state index contributed by atoms with van der Waals surface area (Å²) >= 11 is 1.30. The van der Waals surface area contributed by atoms with Crippen LogP contribution in [0.4, 0.5) is 0 Å². The molecule has 5 atom stereocenters. The van der Waals surface area contributed by atoms with Gasteiger partial charge in [0.05, 0.1) is 23.3 Å². The molecule has 0 aromatic heterocycles. The van der Waals surface area contributed by atoms with Crippen LogP contribution in [-0.2, 0) is 19.1 Å². The number of carbonyl (C=O) groups excluding carboxylic acids is 4. The van der Waals surface area contributed by atoms with Crippen molar-refractivity contribution in [1.29, 1.82) is 0 Å². The van der Waals surface area contributed by atoms with Crippen molar-refractivity contribution in [3.8, 4) is 0 Å². The normalized spacial score (nSPS) is 15.4. The van der Waals surface area contributed by atoms with Crippen molar-refractivity contribution in [3.63, 3.8) is 0 Å². The lowest BCUT2D eigenvalue weighted by Gasteiger charge is -2.17. The van der Waals surface area contributed by atoms with Gasteiger partial charge in [0.25, 0.3) is 0 Å². The Morgan fingerprint density at radius 3 is 1.70 bits per heavy atom. The SMILES string of the molecule is CCC(C)CC(O)COC(=O)c1ccc(C(=O)OCC(O)CSC(=O)C(O)C(O)C(=O)SC(C)C)cc1. The summed E-state index contributed by atoms with van der Waals surface area (Å²) in [6, 6.07) is 5.44. The molecule has 0 bridgehead atoms. The van der Waals surface area contributed by atoms with Crippen LogP contribution in [0.1, 0.15) is 61.3 Å². The molecule has 4 N–H and O–H groups in total. The van der Waals surface area contributed by atoms with E-state index in [4.69, 9.17) is 9.47 Å². The van der Waals surface area contributed by atoms with E-state index in [2.05, 4.69) is 0 Å². The molecule has 0 saturated heterocycles. The number of esters is 2. The average molecular weight is 561 g/mol. The number of aliphatic hydroxyl groups excluding tert-OH is 4. The summed E-state index contributed by atoms with van der Waals surface area (Å²) in [5.41, 5.74) is 0.303. The van der Waals surface area contributed by atoms with Crippen LogP contribution in [0.15, 0.2) is 24.3 Å². The Kier molecular flexibility index (Phi) is 15.0. The molecule has 1 aromatic rings. The van der Waals surface area contributed by atoms with Gasteiger partial charge in [0.1, 0.15) is 13.2 Å². The van der Waals surface area contributed by atoms with Crippen molar-refractivity contribution in [2.75, 3.05) is 19.0 Å². The minimum atomic E-state index is -1.94. The summed E-state index contributed by atoms with van der Waals surface area (Å²) in [7, 11) is 0. The Labute approximate surface area is 225 Å². The van der Waals surface area contributed by atoms with E-state index >= 15 is 0 Å². The number of hydrogen-bond acceptors (Lipinski definition) is 12. The van der Waals surface area contributed by atoms with E-state index in [9.17, 15) is 39.6 Å². The minimum absolute atomic E-state index is 0.115. The third-order valence-electron chi connectivity index (χ3n) is 5.09. The van der Waals surface area contributed by atoms with E-state index in [1.54, 1.807) is 13.8 Å². The van der Waals surface area contributed by atoms with Gasteiger partial charge in [0, 0.05) is 11.0 Å². The maximum atomic E-state index is 12.2. The van der Waals surface area contributed by atoms with Crippen LogP contribution in [0.3, 0.4) is 0 Å². The molecule has 1 rings (SSSR count). The fourth-order valence-corrected chi connectivity index (χ4v) is 4.31. The summed E-state index contributed by atoms with van der Waals surface area (Å²) in [5.74, 6) is -1.35. The van der Waals surface area contributed by atoms with Crippen molar-refractivity contribution in [3.05, 3.63) is 35.4 Å². The maximum Gasteiger partial charge on any atom is 0.338 e. The molecule has 208 valence electrons. The Hall–Kier alpha value is -1.96. The lowest BCUT2D eigenvalue weighted by atomic mass is 10.0. The Morgan fingerprint density at radius 2 is 1.24 bits per heavy atom. The highest BCUT2D eigenvalue weighted by molar-refractivity contribution is 8.14. The van der Waals surface area contributed by atoms with E-state index in [0.29, 0.717) is 24.1 Å². The fourth-order valence-electron chi connectivity index (χ4n) is 2.82. The van der Waals surface area contributed by atoms with E-state index < -0.39 is 53.2 Å². The molecular formula is C25H36O10S2. The smallest absolute Gasteiger partial charge is 0.338 e. The topological polar surface area (TPSA) is 168 Å².